The molecular weight excluding hydrogens is 733 g/mol. The Morgan fingerprint density at radius 1 is 0.827 bits per heavy atom. The molecule has 5 aromatic rings. The molecule has 0 bridgehead atoms. The largest absolute Gasteiger partial charge is 0.354 e. The van der Waals surface area contributed by atoms with Crippen LogP contribution in [-0.4, -0.2) is 40.8 Å². The van der Waals surface area contributed by atoms with Gasteiger partial charge in [-0.25, -0.2) is 18.9 Å². The maximum absolute atomic E-state index is 14.4. The van der Waals surface area contributed by atoms with Gasteiger partial charge < -0.3 is 9.88 Å². The fraction of sp³-hybridized carbons (Fsp3) is 0.194. The molecule has 4 aromatic carbocycles. The van der Waals surface area contributed by atoms with Crippen LogP contribution in [0.25, 0.3) is 22.0 Å². The topological polar surface area (TPSA) is 180 Å². The molecular formula is C36H32N2O11S3. The van der Waals surface area contributed by atoms with Crippen LogP contribution in [0.3, 0.4) is 0 Å². The van der Waals surface area contributed by atoms with E-state index in [1.807, 2.05) is 6.92 Å². The second kappa shape index (κ2) is 16.1. The second-order valence-corrected chi connectivity index (χ2v) is 15.5. The predicted molar refractivity (Wildman–Crippen MR) is 195 cm³/mol. The molecule has 13 nitrogen and oxygen atoms in total. The Morgan fingerprint density at radius 2 is 1.56 bits per heavy atom. The highest BCUT2D eigenvalue weighted by Crippen LogP contribution is 2.45. The number of unbranched alkanes of at least 4 members (excludes halogenated alkanes) is 3. The summed E-state index contributed by atoms with van der Waals surface area (Å²) in [5.74, 6) is -1.02. The first-order valence-corrected chi connectivity index (χ1v) is 19.2. The Kier molecular flexibility index (Phi) is 11.6. The van der Waals surface area contributed by atoms with E-state index in [1.54, 1.807) is 48.5 Å². The van der Waals surface area contributed by atoms with Gasteiger partial charge in [0.1, 0.15) is 0 Å². The molecule has 6 rings (SSSR count). The summed E-state index contributed by atoms with van der Waals surface area (Å²) in [4.78, 5) is 43.4. The van der Waals surface area contributed by atoms with Crippen LogP contribution >= 0.6 is 24.1 Å². The van der Waals surface area contributed by atoms with Crippen molar-refractivity contribution in [2.24, 2.45) is 7.05 Å². The highest BCUT2D eigenvalue weighted by molar-refractivity contribution is 7.95. The van der Waals surface area contributed by atoms with E-state index in [0.29, 0.717) is 63.2 Å². The van der Waals surface area contributed by atoms with Crippen LogP contribution in [-0.2, 0) is 35.6 Å². The summed E-state index contributed by atoms with van der Waals surface area (Å²) in [7, 11) is -2.14. The van der Waals surface area contributed by atoms with Crippen molar-refractivity contribution in [2.75, 3.05) is 11.1 Å². The predicted octanol–water partition coefficient (Wildman–Crippen LogP) is 7.94. The number of hydrogen-bond donors (Lipinski definition) is 3. The number of hydrogen-bond acceptors (Lipinski definition) is 14. The van der Waals surface area contributed by atoms with Crippen molar-refractivity contribution in [3.05, 3.63) is 111 Å². The molecule has 0 saturated heterocycles. The lowest BCUT2D eigenvalue weighted by Crippen LogP contribution is -2.29. The van der Waals surface area contributed by atoms with Gasteiger partial charge in [0.2, 0.25) is 0 Å². The van der Waals surface area contributed by atoms with Gasteiger partial charge >= 0.3 is 0 Å². The molecule has 0 radical (unpaired) electrons. The molecule has 270 valence electrons. The Balaban J connectivity index is 1.52. The number of aryl methyl sites for hydroxylation is 1. The smallest absolute Gasteiger partial charge is 0.262 e. The quantitative estimate of drug-likeness (QED) is 0.0284. The van der Waals surface area contributed by atoms with Crippen LogP contribution < -0.4 is 10.9 Å². The van der Waals surface area contributed by atoms with Crippen LogP contribution in [0.2, 0.25) is 0 Å². The lowest BCUT2D eigenvalue weighted by atomic mass is 9.80. The Morgan fingerprint density at radius 3 is 2.31 bits per heavy atom. The number of carbonyl (C=O) groups is 2. The van der Waals surface area contributed by atoms with E-state index in [2.05, 4.69) is 19.7 Å². The molecule has 0 amide bonds. The van der Waals surface area contributed by atoms with Gasteiger partial charge in [0.05, 0.1) is 67.6 Å². The fourth-order valence-corrected chi connectivity index (χ4v) is 8.65. The minimum atomic E-state index is -3.65. The van der Waals surface area contributed by atoms with E-state index in [9.17, 15) is 22.8 Å². The van der Waals surface area contributed by atoms with E-state index >= 15 is 0 Å². The summed E-state index contributed by atoms with van der Waals surface area (Å²) in [6, 6.07) is 20.5. The van der Waals surface area contributed by atoms with Crippen molar-refractivity contribution in [1.82, 2.24) is 4.57 Å². The number of aromatic nitrogens is 1. The number of anilines is 2. The molecule has 1 aliphatic carbocycles. The second-order valence-electron chi connectivity index (χ2n) is 11.8. The number of nitrogens with one attached hydrogen (secondary N) is 1. The number of ketones is 2. The third kappa shape index (κ3) is 7.30. The SMILES string of the molecule is CCCCCCS(=O)(=O)c1ccc(Nc2ccc3c4c2C(=O)c2ccccc2-c4c(C(=O)c2cccc(SOOO)c2)c(=O)n3C)c(SOOO)c1. The zero-order valence-corrected chi connectivity index (χ0v) is 30.2. The molecule has 0 saturated carbocycles. The molecule has 0 aliphatic heterocycles. The summed E-state index contributed by atoms with van der Waals surface area (Å²) >= 11 is 1.22. The molecule has 0 atom stereocenters. The molecule has 0 fully saturated rings. The zero-order valence-electron chi connectivity index (χ0n) is 27.8. The van der Waals surface area contributed by atoms with E-state index in [4.69, 9.17) is 14.8 Å². The van der Waals surface area contributed by atoms with Gasteiger partial charge in [0.15, 0.2) is 21.4 Å². The van der Waals surface area contributed by atoms with Gasteiger partial charge in [0.25, 0.3) is 5.56 Å². The summed E-state index contributed by atoms with van der Waals surface area (Å²) in [5, 5.41) is 28.6. The molecule has 16 heteroatoms. The molecule has 0 unspecified atom stereocenters. The highest BCUT2D eigenvalue weighted by Gasteiger charge is 2.34. The van der Waals surface area contributed by atoms with Crippen LogP contribution in [0, 0.1) is 0 Å². The van der Waals surface area contributed by atoms with Gasteiger partial charge in [-0.3, -0.25) is 14.4 Å². The van der Waals surface area contributed by atoms with Crippen LogP contribution in [0.15, 0.2) is 98.3 Å². The third-order valence-electron chi connectivity index (χ3n) is 8.72. The van der Waals surface area contributed by atoms with Crippen molar-refractivity contribution in [3.63, 3.8) is 0 Å². The Bertz CT molecular complexity index is 2360. The van der Waals surface area contributed by atoms with Gasteiger partial charge in [-0.1, -0.05) is 72.7 Å². The molecule has 1 aliphatic rings. The Labute approximate surface area is 306 Å². The molecule has 52 heavy (non-hydrogen) atoms. The van der Waals surface area contributed by atoms with Gasteiger partial charge in [-0.2, -0.15) is 0 Å². The fourth-order valence-electron chi connectivity index (χ4n) is 6.28. The monoisotopic (exact) mass is 764 g/mol. The average molecular weight is 765 g/mol. The van der Waals surface area contributed by atoms with E-state index in [1.165, 1.54) is 41.9 Å². The minimum absolute atomic E-state index is 0.0412. The maximum Gasteiger partial charge on any atom is 0.262 e. The van der Waals surface area contributed by atoms with Crippen molar-refractivity contribution in [2.45, 2.75) is 47.3 Å². The Hall–Kier alpha value is -4.36. The van der Waals surface area contributed by atoms with Gasteiger partial charge in [-0.15, -0.1) is 8.67 Å². The summed E-state index contributed by atoms with van der Waals surface area (Å²) < 4.78 is 36.9. The maximum atomic E-state index is 14.4. The number of nitrogens with zero attached hydrogens (tertiary/aromatic N) is 1. The first-order chi connectivity index (χ1) is 25.1. The molecule has 1 aromatic heterocycles. The van der Waals surface area contributed by atoms with E-state index < -0.39 is 21.2 Å². The number of pyridine rings is 1. The van der Waals surface area contributed by atoms with Gasteiger partial charge in [-0.05, 0) is 54.4 Å². The summed E-state index contributed by atoms with van der Waals surface area (Å²) in [6.07, 6.45) is 3.17. The molecule has 0 spiro atoms. The third-order valence-corrected chi connectivity index (χ3v) is 11.7. The minimum Gasteiger partial charge on any atom is -0.354 e. The standard InChI is InChI=1S/C36H32N2O11S3/c1-3-4-5-8-18-52(44,45)23-14-15-26(29(20-23)51-49-47-43)37-27-16-17-28-32-30(24-12-6-7-13-25(24)35(40)31(27)32)33(36(41)38(28)2)34(39)21-10-9-11-22(19-21)50-48-46-42/h6-7,9-17,19-20,37,42-43H,3-5,8,18H2,1-2H3. The lowest BCUT2D eigenvalue weighted by Gasteiger charge is -2.26. The van der Waals surface area contributed by atoms with Crippen molar-refractivity contribution in [3.8, 4) is 11.1 Å². The van der Waals surface area contributed by atoms with Crippen molar-refractivity contribution < 1.29 is 47.3 Å². The van der Waals surface area contributed by atoms with Crippen molar-refractivity contribution >= 4 is 67.8 Å². The van der Waals surface area contributed by atoms with Crippen molar-refractivity contribution in [1.29, 1.82) is 0 Å². The van der Waals surface area contributed by atoms with Crippen LogP contribution in [0.4, 0.5) is 11.4 Å². The average Bonchev–Trinajstić information content (AvgIpc) is 3.15. The number of sulfone groups is 1. The number of carbonyl (C=O) groups excluding carboxylic acids is 2. The normalized spacial score (nSPS) is 12.3. The van der Waals surface area contributed by atoms with E-state index in [0.717, 1.165) is 19.3 Å². The first-order valence-electron chi connectivity index (χ1n) is 16.0. The summed E-state index contributed by atoms with van der Waals surface area (Å²) in [5.41, 5.74) is 1.55. The number of fused-ring (bicyclic) bond motifs is 2. The highest BCUT2D eigenvalue weighted by atomic mass is 32.2. The number of rotatable bonds is 16. The lowest BCUT2D eigenvalue weighted by molar-refractivity contribution is -0.432. The zero-order chi connectivity index (χ0) is 37.0. The molecule has 3 N–H and O–H groups in total. The first kappa shape index (κ1) is 37.4. The van der Waals surface area contributed by atoms with Crippen LogP contribution in [0.1, 0.15) is 64.4 Å². The summed E-state index contributed by atoms with van der Waals surface area (Å²) in [6.45, 7) is 2.04. The molecule has 1 heterocycles. The van der Waals surface area contributed by atoms with Gasteiger partial charge in [0, 0.05) is 34.0 Å². The van der Waals surface area contributed by atoms with E-state index in [-0.39, 0.29) is 49.1 Å². The number of benzene rings is 4. The van der Waals surface area contributed by atoms with Crippen LogP contribution in [0.5, 0.6) is 0 Å².